The largest absolute Gasteiger partial charge is 0.461 e. The summed E-state index contributed by atoms with van der Waals surface area (Å²) >= 11 is 0. The van der Waals surface area contributed by atoms with E-state index < -0.39 is 0 Å². The highest BCUT2D eigenvalue weighted by Crippen LogP contribution is 2.05. The molecule has 1 atom stereocenters. The highest BCUT2D eigenvalue weighted by molar-refractivity contribution is 5.69. The van der Waals surface area contributed by atoms with Crippen LogP contribution in [0.3, 0.4) is 0 Å². The van der Waals surface area contributed by atoms with Crippen molar-refractivity contribution in [2.45, 2.75) is 45.3 Å². The van der Waals surface area contributed by atoms with E-state index in [1.165, 1.54) is 0 Å². The van der Waals surface area contributed by atoms with Crippen molar-refractivity contribution in [1.29, 1.82) is 0 Å². The molecule has 2 N–H and O–H groups in total. The molecule has 0 aliphatic rings. The van der Waals surface area contributed by atoms with Crippen LogP contribution >= 0.6 is 0 Å². The molecular weight excluding hydrogens is 214 g/mol. The van der Waals surface area contributed by atoms with Crippen LogP contribution in [-0.4, -0.2) is 12.0 Å². The van der Waals surface area contributed by atoms with Crippen molar-refractivity contribution in [3.8, 4) is 0 Å². The molecule has 94 valence electrons. The van der Waals surface area contributed by atoms with Gasteiger partial charge < -0.3 is 10.5 Å². The first-order valence-corrected chi connectivity index (χ1v) is 6.17. The predicted octanol–water partition coefficient (Wildman–Crippen LogP) is 2.64. The average Bonchev–Trinajstić information content (AvgIpc) is 2.35. The van der Waals surface area contributed by atoms with Crippen molar-refractivity contribution in [2.24, 2.45) is 5.73 Å². The molecule has 0 fully saturated rings. The third-order valence-electron chi connectivity index (χ3n) is 2.62. The molecule has 0 radical (unpaired) electrons. The number of rotatable bonds is 7. The second-order valence-electron chi connectivity index (χ2n) is 4.23. The number of hydrogen-bond acceptors (Lipinski definition) is 3. The summed E-state index contributed by atoms with van der Waals surface area (Å²) in [4.78, 5) is 11.4. The van der Waals surface area contributed by atoms with Gasteiger partial charge in [-0.25, -0.2) is 0 Å². The van der Waals surface area contributed by atoms with Crippen molar-refractivity contribution in [2.75, 3.05) is 0 Å². The molecule has 3 nitrogen and oxygen atoms in total. The van der Waals surface area contributed by atoms with Gasteiger partial charge in [-0.2, -0.15) is 0 Å². The SMILES string of the molecule is CCC[C@H](N)CCC(=O)OCc1ccccc1. The van der Waals surface area contributed by atoms with Gasteiger partial charge in [0, 0.05) is 12.5 Å². The van der Waals surface area contributed by atoms with E-state index in [4.69, 9.17) is 10.5 Å². The fourth-order valence-corrected chi connectivity index (χ4v) is 1.63. The lowest BCUT2D eigenvalue weighted by atomic mass is 10.1. The van der Waals surface area contributed by atoms with Crippen LogP contribution in [0.5, 0.6) is 0 Å². The Morgan fingerprint density at radius 3 is 2.65 bits per heavy atom. The molecule has 17 heavy (non-hydrogen) atoms. The summed E-state index contributed by atoms with van der Waals surface area (Å²) in [5.74, 6) is -0.166. The number of esters is 1. The lowest BCUT2D eigenvalue weighted by molar-refractivity contribution is -0.145. The van der Waals surface area contributed by atoms with E-state index in [1.807, 2.05) is 30.3 Å². The highest BCUT2D eigenvalue weighted by atomic mass is 16.5. The predicted molar refractivity (Wildman–Crippen MR) is 68.4 cm³/mol. The Bertz CT molecular complexity index is 324. The molecule has 1 aromatic rings. The first-order chi connectivity index (χ1) is 8.22. The van der Waals surface area contributed by atoms with Crippen LogP contribution in [0, 0.1) is 0 Å². The van der Waals surface area contributed by atoms with E-state index in [2.05, 4.69) is 6.92 Å². The van der Waals surface area contributed by atoms with Crippen LogP contribution in [0.25, 0.3) is 0 Å². The standard InChI is InChI=1S/C14H21NO2/c1-2-6-13(15)9-10-14(16)17-11-12-7-4-3-5-8-12/h3-5,7-8,13H,2,6,9-11,15H2,1H3/t13-/m0/s1. The van der Waals surface area contributed by atoms with Crippen LogP contribution in [-0.2, 0) is 16.1 Å². The minimum Gasteiger partial charge on any atom is -0.461 e. The Hall–Kier alpha value is -1.35. The van der Waals surface area contributed by atoms with E-state index in [0.29, 0.717) is 19.4 Å². The second kappa shape index (κ2) is 7.85. The molecule has 0 aliphatic heterocycles. The van der Waals surface area contributed by atoms with E-state index >= 15 is 0 Å². The van der Waals surface area contributed by atoms with Gasteiger partial charge >= 0.3 is 5.97 Å². The van der Waals surface area contributed by atoms with Crippen molar-refractivity contribution >= 4 is 5.97 Å². The van der Waals surface area contributed by atoms with Gasteiger partial charge in [0.25, 0.3) is 0 Å². The van der Waals surface area contributed by atoms with Crippen molar-refractivity contribution < 1.29 is 9.53 Å². The van der Waals surface area contributed by atoms with Crippen molar-refractivity contribution in [3.05, 3.63) is 35.9 Å². The minimum atomic E-state index is -0.166. The lowest BCUT2D eigenvalue weighted by Crippen LogP contribution is -2.21. The monoisotopic (exact) mass is 235 g/mol. The van der Waals surface area contributed by atoms with Gasteiger partial charge in [-0.15, -0.1) is 0 Å². The Morgan fingerprint density at radius 1 is 1.29 bits per heavy atom. The van der Waals surface area contributed by atoms with Crippen LogP contribution in [0.4, 0.5) is 0 Å². The van der Waals surface area contributed by atoms with E-state index in [-0.39, 0.29) is 12.0 Å². The summed E-state index contributed by atoms with van der Waals surface area (Å²) in [5, 5.41) is 0. The molecule has 0 aromatic heterocycles. The molecular formula is C14H21NO2. The van der Waals surface area contributed by atoms with Gasteiger partial charge in [0.1, 0.15) is 6.61 Å². The number of carbonyl (C=O) groups is 1. The Kier molecular flexibility index (Phi) is 6.33. The Labute approximate surface area is 103 Å². The molecule has 0 unspecified atom stereocenters. The zero-order valence-electron chi connectivity index (χ0n) is 10.4. The maximum Gasteiger partial charge on any atom is 0.306 e. The van der Waals surface area contributed by atoms with Crippen LogP contribution in [0.15, 0.2) is 30.3 Å². The molecule has 0 saturated carbocycles. The Morgan fingerprint density at radius 2 is 2.00 bits per heavy atom. The molecule has 3 heteroatoms. The molecule has 1 rings (SSSR count). The minimum absolute atomic E-state index is 0.115. The molecule has 0 aliphatic carbocycles. The summed E-state index contributed by atoms with van der Waals surface area (Å²) in [6.45, 7) is 2.44. The van der Waals surface area contributed by atoms with Crippen LogP contribution in [0.2, 0.25) is 0 Å². The molecule has 0 bridgehead atoms. The summed E-state index contributed by atoms with van der Waals surface area (Å²) < 4.78 is 5.16. The third kappa shape index (κ3) is 6.07. The second-order valence-corrected chi connectivity index (χ2v) is 4.23. The average molecular weight is 235 g/mol. The van der Waals surface area contributed by atoms with E-state index in [9.17, 15) is 4.79 Å². The summed E-state index contributed by atoms with van der Waals surface area (Å²) in [6.07, 6.45) is 3.14. The number of ether oxygens (including phenoxy) is 1. The first kappa shape index (κ1) is 13.7. The zero-order chi connectivity index (χ0) is 12.5. The van der Waals surface area contributed by atoms with E-state index in [0.717, 1.165) is 18.4 Å². The van der Waals surface area contributed by atoms with Gasteiger partial charge in [-0.1, -0.05) is 43.7 Å². The first-order valence-electron chi connectivity index (χ1n) is 6.17. The molecule has 0 spiro atoms. The lowest BCUT2D eigenvalue weighted by Gasteiger charge is -2.09. The topological polar surface area (TPSA) is 52.3 Å². The fourth-order valence-electron chi connectivity index (χ4n) is 1.63. The van der Waals surface area contributed by atoms with Crippen molar-refractivity contribution in [1.82, 2.24) is 0 Å². The molecule has 0 heterocycles. The summed E-state index contributed by atoms with van der Waals surface area (Å²) in [5.41, 5.74) is 6.84. The van der Waals surface area contributed by atoms with Gasteiger partial charge in [0.2, 0.25) is 0 Å². The smallest absolute Gasteiger partial charge is 0.306 e. The quantitative estimate of drug-likeness (QED) is 0.739. The van der Waals surface area contributed by atoms with E-state index in [1.54, 1.807) is 0 Å². The van der Waals surface area contributed by atoms with Crippen molar-refractivity contribution in [3.63, 3.8) is 0 Å². The third-order valence-corrected chi connectivity index (χ3v) is 2.62. The summed E-state index contributed by atoms with van der Waals surface area (Å²) in [6, 6.07) is 9.80. The number of hydrogen-bond donors (Lipinski definition) is 1. The van der Waals surface area contributed by atoms with Crippen LogP contribution in [0.1, 0.15) is 38.2 Å². The van der Waals surface area contributed by atoms with Gasteiger partial charge in [0.15, 0.2) is 0 Å². The molecule has 0 amide bonds. The fraction of sp³-hybridized carbons (Fsp3) is 0.500. The van der Waals surface area contributed by atoms with Gasteiger partial charge in [0.05, 0.1) is 0 Å². The highest BCUT2D eigenvalue weighted by Gasteiger charge is 2.07. The molecule has 1 aromatic carbocycles. The maximum absolute atomic E-state index is 11.4. The normalized spacial score (nSPS) is 12.1. The number of nitrogens with two attached hydrogens (primary N) is 1. The van der Waals surface area contributed by atoms with Gasteiger partial charge in [-0.3, -0.25) is 4.79 Å². The summed E-state index contributed by atoms with van der Waals surface area (Å²) in [7, 11) is 0. The Balaban J connectivity index is 2.17. The number of carbonyl (C=O) groups excluding carboxylic acids is 1. The molecule has 0 saturated heterocycles. The maximum atomic E-state index is 11.4. The number of benzene rings is 1. The van der Waals surface area contributed by atoms with Crippen LogP contribution < -0.4 is 5.73 Å². The van der Waals surface area contributed by atoms with Gasteiger partial charge in [-0.05, 0) is 18.4 Å². The zero-order valence-corrected chi connectivity index (χ0v) is 10.4.